The molecular formula is C17H31N2O4P. The summed E-state index contributed by atoms with van der Waals surface area (Å²) in [6.07, 6.45) is -0.786. The van der Waals surface area contributed by atoms with Gasteiger partial charge in [0.15, 0.2) is 0 Å². The van der Waals surface area contributed by atoms with Gasteiger partial charge in [0, 0.05) is 13.5 Å². The number of hydrogen-bond acceptors (Lipinski definition) is 5. The molecule has 2 fully saturated rings. The minimum atomic E-state index is -1.37. The van der Waals surface area contributed by atoms with Gasteiger partial charge in [-0.25, -0.2) is 11.2 Å². The number of nitrogens with zero attached hydrogens (tertiary/aromatic N) is 2. The van der Waals surface area contributed by atoms with Crippen LogP contribution in [0.1, 0.15) is 49.8 Å². The number of fused-ring (bicyclic) bond motifs is 2. The average Bonchev–Trinajstić information content (AvgIpc) is 2.94. The van der Waals surface area contributed by atoms with E-state index < -0.39 is 14.1 Å². The summed E-state index contributed by atoms with van der Waals surface area (Å²) in [7, 11) is -1.37. The topological polar surface area (TPSA) is 44.5 Å². The van der Waals surface area contributed by atoms with E-state index in [2.05, 4.69) is 37.2 Å². The molecule has 2 saturated heterocycles. The first-order chi connectivity index (χ1) is 11.8. The minimum Gasteiger partial charge on any atom is -0.367 e. The van der Waals surface area contributed by atoms with Crippen molar-refractivity contribution in [3.05, 3.63) is 11.4 Å². The van der Waals surface area contributed by atoms with Crippen LogP contribution in [0.4, 0.5) is 0 Å². The number of rotatable bonds is 8. The largest absolute Gasteiger partial charge is 0.367 e. The first-order valence-corrected chi connectivity index (χ1v) is 9.75. The van der Waals surface area contributed by atoms with E-state index in [4.69, 9.17) is 26.5 Å². The fraction of sp³-hybridized carbons (Fsp3) is 0.941. The van der Waals surface area contributed by atoms with Gasteiger partial charge in [0.1, 0.15) is 24.4 Å². The van der Waals surface area contributed by atoms with Gasteiger partial charge in [-0.3, -0.25) is 0 Å². The van der Waals surface area contributed by atoms with Crippen molar-refractivity contribution in [2.75, 3.05) is 13.2 Å². The van der Waals surface area contributed by atoms with Crippen LogP contribution in [-0.2, 0) is 18.5 Å². The zero-order valence-electron chi connectivity index (χ0n) is 16.6. The summed E-state index contributed by atoms with van der Waals surface area (Å²) < 4.78 is 34.8. The second kappa shape index (κ2) is 7.95. The van der Waals surface area contributed by atoms with Crippen molar-refractivity contribution in [3.63, 3.8) is 0 Å². The molecule has 2 aliphatic heterocycles. The Labute approximate surface area is 149 Å². The second-order valence-electron chi connectivity index (χ2n) is 7.07. The quantitative estimate of drug-likeness (QED) is 0.376. The molecule has 2 heterocycles. The van der Waals surface area contributed by atoms with Crippen LogP contribution < -0.4 is 0 Å². The highest BCUT2D eigenvalue weighted by atomic mass is 31.2. The Bertz CT molecular complexity index is 482. The van der Waals surface area contributed by atoms with Gasteiger partial charge < -0.3 is 23.4 Å². The molecule has 2 rings (SSSR count). The lowest BCUT2D eigenvalue weighted by molar-refractivity contribution is -0.167. The van der Waals surface area contributed by atoms with Crippen molar-refractivity contribution in [1.29, 1.82) is 0 Å². The summed E-state index contributed by atoms with van der Waals surface area (Å²) in [5, 5.41) is 0. The fourth-order valence-corrected chi connectivity index (χ4v) is 5.19. The van der Waals surface area contributed by atoms with Crippen molar-refractivity contribution in [2.45, 2.75) is 90.5 Å². The van der Waals surface area contributed by atoms with Gasteiger partial charge in [0.2, 0.25) is 6.54 Å². The van der Waals surface area contributed by atoms with Crippen molar-refractivity contribution in [2.24, 2.45) is 0 Å². The van der Waals surface area contributed by atoms with Gasteiger partial charge >= 0.3 is 0 Å². The van der Waals surface area contributed by atoms with E-state index in [-0.39, 0.29) is 43.4 Å². The Balaban J connectivity index is 2.22. The molecule has 6 atom stereocenters. The zero-order valence-corrected chi connectivity index (χ0v) is 16.5. The zero-order chi connectivity index (χ0) is 18.8. The Morgan fingerprint density at radius 1 is 1.33 bits per heavy atom. The van der Waals surface area contributed by atoms with Crippen LogP contribution in [0.15, 0.2) is 0 Å². The SMILES string of the molecule is [2H]C[C@]12O[C@@H](C)C(O[C@H]1C)[C@@H]2OP(OCC[N+]#[C-])N(C(C)C)C(C)C. The third kappa shape index (κ3) is 3.77. The molecule has 0 amide bonds. The van der Waals surface area contributed by atoms with Gasteiger partial charge in [0.05, 0.1) is 12.2 Å². The molecule has 2 unspecified atom stereocenters. The van der Waals surface area contributed by atoms with Gasteiger partial charge in [-0.1, -0.05) is 0 Å². The predicted molar refractivity (Wildman–Crippen MR) is 94.6 cm³/mol. The molecule has 0 spiro atoms. The summed E-state index contributed by atoms with van der Waals surface area (Å²) >= 11 is 0. The van der Waals surface area contributed by atoms with E-state index >= 15 is 0 Å². The first kappa shape index (κ1) is 18.5. The maximum atomic E-state index is 8.04. The lowest BCUT2D eigenvalue weighted by Crippen LogP contribution is -2.44. The smallest absolute Gasteiger partial charge is 0.259 e. The van der Waals surface area contributed by atoms with Gasteiger partial charge in [0.25, 0.3) is 8.53 Å². The highest BCUT2D eigenvalue weighted by molar-refractivity contribution is 7.44. The van der Waals surface area contributed by atoms with Gasteiger partial charge in [-0.15, -0.1) is 0 Å². The number of ether oxygens (including phenoxy) is 2. The van der Waals surface area contributed by atoms with E-state index in [1.807, 2.05) is 13.8 Å². The fourth-order valence-electron chi connectivity index (χ4n) is 3.40. The van der Waals surface area contributed by atoms with Gasteiger partial charge in [-0.2, -0.15) is 0 Å². The molecule has 2 aliphatic rings. The molecule has 0 aromatic rings. The van der Waals surface area contributed by atoms with Crippen LogP contribution in [0.2, 0.25) is 0 Å². The standard InChI is InChI=1S/C17H31N2O4P/c1-11(2)19(12(3)4)24(20-10-9-18-8)23-16-15-13(5)22-17(16,7)14(6)21-15/h11-16H,9-10H2,1-7H3/t13-,14-,15?,16-,17-,24?/m0/s1/i7D. The maximum absolute atomic E-state index is 8.04. The summed E-state index contributed by atoms with van der Waals surface area (Å²) in [5.41, 5.74) is -0.743. The molecule has 0 aromatic heterocycles. The van der Waals surface area contributed by atoms with Crippen molar-refractivity contribution in [1.82, 2.24) is 4.67 Å². The molecule has 6 nitrogen and oxygen atoms in total. The molecule has 0 radical (unpaired) electrons. The summed E-state index contributed by atoms with van der Waals surface area (Å²) in [5.74, 6) is 0. The molecular weight excluding hydrogens is 327 g/mol. The van der Waals surface area contributed by atoms with E-state index in [9.17, 15) is 0 Å². The highest BCUT2D eigenvalue weighted by Gasteiger charge is 2.63. The molecule has 0 N–H and O–H groups in total. The van der Waals surface area contributed by atoms with E-state index in [0.717, 1.165) is 0 Å². The molecule has 24 heavy (non-hydrogen) atoms. The number of hydrogen-bond donors (Lipinski definition) is 0. The van der Waals surface area contributed by atoms with Crippen molar-refractivity contribution >= 4 is 8.53 Å². The van der Waals surface area contributed by atoms with E-state index in [0.29, 0.717) is 13.2 Å². The van der Waals surface area contributed by atoms with Crippen LogP contribution in [0.5, 0.6) is 0 Å². The Hall–Kier alpha value is -0.280. The first-order valence-electron chi connectivity index (χ1n) is 9.33. The monoisotopic (exact) mass is 359 g/mol. The average molecular weight is 359 g/mol. The molecule has 0 aromatic carbocycles. The van der Waals surface area contributed by atoms with E-state index in [1.165, 1.54) is 0 Å². The molecule has 138 valence electrons. The summed E-state index contributed by atoms with van der Waals surface area (Å²) in [6.45, 7) is 20.1. The third-order valence-corrected chi connectivity index (χ3v) is 6.66. The normalized spacial score (nSPS) is 37.2. The molecule has 7 heteroatoms. The maximum Gasteiger partial charge on any atom is 0.259 e. The van der Waals surface area contributed by atoms with Crippen LogP contribution in [0.25, 0.3) is 4.85 Å². The lowest BCUT2D eigenvalue weighted by Gasteiger charge is -2.38. The van der Waals surface area contributed by atoms with E-state index in [1.54, 1.807) is 0 Å². The Morgan fingerprint density at radius 2 is 2.00 bits per heavy atom. The third-order valence-electron chi connectivity index (χ3n) is 4.55. The summed E-state index contributed by atoms with van der Waals surface area (Å²) in [6, 6.07) is 0.475. The molecule has 2 bridgehead atoms. The van der Waals surface area contributed by atoms with Crippen LogP contribution >= 0.6 is 8.53 Å². The Kier molecular flexibility index (Phi) is 6.13. The highest BCUT2D eigenvalue weighted by Crippen LogP contribution is 2.54. The molecule has 0 aliphatic carbocycles. The van der Waals surface area contributed by atoms with Crippen molar-refractivity contribution in [3.8, 4) is 0 Å². The van der Waals surface area contributed by atoms with Crippen molar-refractivity contribution < 1.29 is 19.9 Å². The Morgan fingerprint density at radius 3 is 2.54 bits per heavy atom. The van der Waals surface area contributed by atoms with Crippen LogP contribution in [0, 0.1) is 6.57 Å². The summed E-state index contributed by atoms with van der Waals surface area (Å²) in [4.78, 5) is 3.37. The van der Waals surface area contributed by atoms with Crippen LogP contribution in [0.3, 0.4) is 0 Å². The molecule has 0 saturated carbocycles. The van der Waals surface area contributed by atoms with Gasteiger partial charge in [-0.05, 0) is 48.4 Å². The van der Waals surface area contributed by atoms with Crippen LogP contribution in [-0.4, -0.2) is 59.9 Å². The lowest BCUT2D eigenvalue weighted by atomic mass is 9.96. The second-order valence-corrected chi connectivity index (χ2v) is 8.47. The minimum absolute atomic E-state index is 0.0915. The predicted octanol–water partition coefficient (Wildman–Crippen LogP) is 3.62.